The van der Waals surface area contributed by atoms with Crippen molar-refractivity contribution in [1.29, 1.82) is 0 Å². The van der Waals surface area contributed by atoms with Gasteiger partial charge >= 0.3 is 6.18 Å². The Morgan fingerprint density at radius 1 is 1.15 bits per heavy atom. The Bertz CT molecular complexity index is 860. The molecule has 3 nitrogen and oxygen atoms in total. The topological polar surface area (TPSA) is 37.4 Å². The molecule has 2 atom stereocenters. The van der Waals surface area contributed by atoms with Gasteiger partial charge in [0.05, 0.1) is 11.6 Å². The van der Waals surface area contributed by atoms with Gasteiger partial charge < -0.3 is 4.90 Å². The van der Waals surface area contributed by atoms with Crippen LogP contribution in [0.15, 0.2) is 53.4 Å². The van der Waals surface area contributed by atoms with Gasteiger partial charge in [-0.2, -0.15) is 13.2 Å². The summed E-state index contributed by atoms with van der Waals surface area (Å²) in [5.41, 5.74) is 0.177. The molecule has 0 bridgehead atoms. The molecule has 1 aliphatic carbocycles. The predicted molar refractivity (Wildman–Crippen MR) is 97.8 cm³/mol. The SMILES string of the molecule is C[C@H](c1cccc(C(F)(F)F)c1)N(C(=O)c1ccc([S@](C)=O)cc1)C1CC1. The van der Waals surface area contributed by atoms with E-state index in [-0.39, 0.29) is 11.9 Å². The Balaban J connectivity index is 1.89. The Kier molecular flexibility index (Phi) is 5.42. The highest BCUT2D eigenvalue weighted by molar-refractivity contribution is 7.84. The fraction of sp³-hybridized carbons (Fsp3) is 0.350. The summed E-state index contributed by atoms with van der Waals surface area (Å²) in [4.78, 5) is 15.3. The molecule has 3 rings (SSSR count). The molecule has 0 aromatic heterocycles. The van der Waals surface area contributed by atoms with Crippen LogP contribution in [0, 0.1) is 0 Å². The first-order valence-corrected chi connectivity index (χ1v) is 10.2. The van der Waals surface area contributed by atoms with Crippen LogP contribution in [0.3, 0.4) is 0 Å². The van der Waals surface area contributed by atoms with Crippen LogP contribution in [0.25, 0.3) is 0 Å². The fourth-order valence-electron chi connectivity index (χ4n) is 3.08. The van der Waals surface area contributed by atoms with Gasteiger partial charge in [0.1, 0.15) is 0 Å². The molecule has 0 heterocycles. The van der Waals surface area contributed by atoms with Crippen molar-refractivity contribution in [3.8, 4) is 0 Å². The van der Waals surface area contributed by atoms with Crippen molar-refractivity contribution in [3.63, 3.8) is 0 Å². The number of amides is 1. The zero-order valence-electron chi connectivity index (χ0n) is 15.0. The van der Waals surface area contributed by atoms with Gasteiger partial charge in [0.25, 0.3) is 5.91 Å². The lowest BCUT2D eigenvalue weighted by Crippen LogP contribution is -2.35. The van der Waals surface area contributed by atoms with Gasteiger partial charge in [0.15, 0.2) is 0 Å². The van der Waals surface area contributed by atoms with Crippen molar-refractivity contribution in [2.75, 3.05) is 6.26 Å². The van der Waals surface area contributed by atoms with Crippen LogP contribution in [0.2, 0.25) is 0 Å². The Labute approximate surface area is 158 Å². The molecule has 1 fully saturated rings. The molecule has 0 radical (unpaired) electrons. The summed E-state index contributed by atoms with van der Waals surface area (Å²) in [5.74, 6) is -0.226. The van der Waals surface area contributed by atoms with Gasteiger partial charge in [-0.1, -0.05) is 12.1 Å². The molecule has 7 heteroatoms. The second-order valence-corrected chi connectivity index (χ2v) is 8.10. The number of rotatable bonds is 5. The molecule has 0 unspecified atom stereocenters. The zero-order chi connectivity index (χ0) is 19.8. The highest BCUT2D eigenvalue weighted by atomic mass is 32.2. The van der Waals surface area contributed by atoms with Gasteiger partial charge in [0.2, 0.25) is 0 Å². The van der Waals surface area contributed by atoms with Crippen molar-refractivity contribution in [1.82, 2.24) is 4.90 Å². The van der Waals surface area contributed by atoms with Gasteiger partial charge in [-0.25, -0.2) is 0 Å². The van der Waals surface area contributed by atoms with E-state index in [4.69, 9.17) is 0 Å². The van der Waals surface area contributed by atoms with Crippen LogP contribution in [0.5, 0.6) is 0 Å². The summed E-state index contributed by atoms with van der Waals surface area (Å²) in [5, 5.41) is 0. The van der Waals surface area contributed by atoms with Crippen LogP contribution >= 0.6 is 0 Å². The minimum atomic E-state index is -4.42. The van der Waals surface area contributed by atoms with Crippen LogP contribution in [0.1, 0.15) is 47.3 Å². The Morgan fingerprint density at radius 3 is 2.30 bits per heavy atom. The maximum absolute atomic E-state index is 13.0. The molecule has 0 N–H and O–H groups in total. The zero-order valence-corrected chi connectivity index (χ0v) is 15.8. The quantitative estimate of drug-likeness (QED) is 0.729. The van der Waals surface area contributed by atoms with Gasteiger partial charge in [-0.05, 0) is 61.7 Å². The molecular formula is C20H20F3NO2S. The summed E-state index contributed by atoms with van der Waals surface area (Å²) in [6.45, 7) is 1.75. The van der Waals surface area contributed by atoms with Crippen LogP contribution in [-0.2, 0) is 17.0 Å². The molecule has 1 saturated carbocycles. The van der Waals surface area contributed by atoms with E-state index in [1.54, 1.807) is 48.4 Å². The summed E-state index contributed by atoms with van der Waals surface area (Å²) in [6.07, 6.45) is -1.18. The van der Waals surface area contributed by atoms with Gasteiger partial charge in [0, 0.05) is 33.6 Å². The average Bonchev–Trinajstić information content (AvgIpc) is 3.46. The molecule has 144 valence electrons. The summed E-state index contributed by atoms with van der Waals surface area (Å²) in [7, 11) is -1.14. The maximum Gasteiger partial charge on any atom is 0.416 e. The van der Waals surface area contributed by atoms with E-state index in [1.807, 2.05) is 0 Å². The highest BCUT2D eigenvalue weighted by Crippen LogP contribution is 2.37. The third-order valence-electron chi connectivity index (χ3n) is 4.72. The molecule has 1 amide bonds. The number of carbonyl (C=O) groups is 1. The normalized spacial score (nSPS) is 16.6. The lowest BCUT2D eigenvalue weighted by Gasteiger charge is -2.30. The molecular weight excluding hydrogens is 375 g/mol. The Morgan fingerprint density at radius 2 is 1.78 bits per heavy atom. The first-order chi connectivity index (χ1) is 12.7. The fourth-order valence-corrected chi connectivity index (χ4v) is 3.60. The van der Waals surface area contributed by atoms with E-state index in [9.17, 15) is 22.2 Å². The first kappa shape index (κ1) is 19.6. The first-order valence-electron chi connectivity index (χ1n) is 8.62. The number of nitrogens with zero attached hydrogens (tertiary/aromatic N) is 1. The lowest BCUT2D eigenvalue weighted by molar-refractivity contribution is -0.137. The predicted octanol–water partition coefficient (Wildman–Crippen LogP) is 4.81. The summed E-state index contributed by atoms with van der Waals surface area (Å²) in [6, 6.07) is 11.2. The molecule has 2 aromatic carbocycles. The van der Waals surface area contributed by atoms with Crippen molar-refractivity contribution < 1.29 is 22.2 Å². The monoisotopic (exact) mass is 395 g/mol. The van der Waals surface area contributed by atoms with Crippen LogP contribution < -0.4 is 0 Å². The third kappa shape index (κ3) is 4.40. The minimum Gasteiger partial charge on any atom is -0.329 e. The smallest absolute Gasteiger partial charge is 0.329 e. The van der Waals surface area contributed by atoms with E-state index in [1.165, 1.54) is 6.07 Å². The van der Waals surface area contributed by atoms with Crippen molar-refractivity contribution in [2.24, 2.45) is 0 Å². The maximum atomic E-state index is 13.0. The van der Waals surface area contributed by atoms with Crippen molar-refractivity contribution >= 4 is 16.7 Å². The van der Waals surface area contributed by atoms with E-state index < -0.39 is 28.6 Å². The molecule has 1 aliphatic rings. The highest BCUT2D eigenvalue weighted by Gasteiger charge is 2.37. The molecule has 0 aliphatic heterocycles. The number of alkyl halides is 3. The van der Waals surface area contributed by atoms with E-state index in [0.29, 0.717) is 16.0 Å². The van der Waals surface area contributed by atoms with Crippen LogP contribution in [0.4, 0.5) is 13.2 Å². The molecule has 27 heavy (non-hydrogen) atoms. The minimum absolute atomic E-state index is 0.0297. The van der Waals surface area contributed by atoms with E-state index >= 15 is 0 Å². The van der Waals surface area contributed by atoms with E-state index in [0.717, 1.165) is 25.0 Å². The van der Waals surface area contributed by atoms with Crippen LogP contribution in [-0.4, -0.2) is 27.3 Å². The second kappa shape index (κ2) is 7.46. The van der Waals surface area contributed by atoms with E-state index in [2.05, 4.69) is 0 Å². The number of carbonyl (C=O) groups excluding carboxylic acids is 1. The largest absolute Gasteiger partial charge is 0.416 e. The molecule has 0 saturated heterocycles. The van der Waals surface area contributed by atoms with Crippen molar-refractivity contribution in [3.05, 3.63) is 65.2 Å². The Hall–Kier alpha value is -2.15. The standard InChI is InChI=1S/C20H20F3NO2S/c1-13(15-4-3-5-16(12-15)20(21,22)23)24(17-8-9-17)19(25)14-6-10-18(11-7-14)27(2)26/h3-7,10-13,17H,8-9H2,1-2H3/t13-,27+/m1/s1. The number of benzene rings is 2. The number of hydrogen-bond acceptors (Lipinski definition) is 2. The lowest BCUT2D eigenvalue weighted by atomic mass is 10.0. The molecule has 0 spiro atoms. The third-order valence-corrected chi connectivity index (χ3v) is 5.66. The average molecular weight is 395 g/mol. The number of hydrogen-bond donors (Lipinski definition) is 0. The molecule has 2 aromatic rings. The van der Waals surface area contributed by atoms with Gasteiger partial charge in [-0.3, -0.25) is 9.00 Å². The summed E-state index contributed by atoms with van der Waals surface area (Å²) >= 11 is 0. The summed E-state index contributed by atoms with van der Waals surface area (Å²) < 4.78 is 50.6. The second-order valence-electron chi connectivity index (χ2n) is 6.72. The number of halogens is 3. The van der Waals surface area contributed by atoms with Crippen molar-refractivity contribution in [2.45, 2.75) is 42.9 Å². The van der Waals surface area contributed by atoms with Gasteiger partial charge in [-0.15, -0.1) is 0 Å².